The molecule has 46 heavy (non-hydrogen) atoms. The molecule has 16 atom stereocenters. The third kappa shape index (κ3) is 8.94. The quantitative estimate of drug-likeness (QED) is 0.0637. The van der Waals surface area contributed by atoms with Gasteiger partial charge in [0, 0.05) is 19.1 Å². The molecule has 2 aliphatic heterocycles. The Morgan fingerprint density at radius 2 is 1.54 bits per heavy atom. The third-order valence-corrected chi connectivity index (χ3v) is 8.14. The highest BCUT2D eigenvalue weighted by Crippen LogP contribution is 2.33. The molecule has 268 valence electrons. The number of amides is 1. The summed E-state index contributed by atoms with van der Waals surface area (Å²) < 4.78 is 39.1. The summed E-state index contributed by atoms with van der Waals surface area (Å²) in [6.07, 6.45) is -22.1. The predicted octanol–water partition coefficient (Wildman–Crippen LogP) is -8.54. The van der Waals surface area contributed by atoms with E-state index in [2.05, 4.69) is 15.6 Å². The van der Waals surface area contributed by atoms with Crippen LogP contribution in [0.5, 0.6) is 0 Å². The van der Waals surface area contributed by atoms with Crippen LogP contribution in [0.15, 0.2) is 4.99 Å². The molecule has 0 bridgehead atoms. The van der Waals surface area contributed by atoms with E-state index in [4.69, 9.17) is 47.6 Å². The topological polar surface area (TPSA) is 362 Å². The van der Waals surface area contributed by atoms with Gasteiger partial charge in [0.1, 0.15) is 61.0 Å². The van der Waals surface area contributed by atoms with Gasteiger partial charge >= 0.3 is 0 Å². The fourth-order valence-electron chi connectivity index (χ4n) is 5.57. The Morgan fingerprint density at radius 1 is 0.913 bits per heavy atom. The molecule has 2 heterocycles. The van der Waals surface area contributed by atoms with E-state index in [1.165, 1.54) is 0 Å². The van der Waals surface area contributed by atoms with Crippen molar-refractivity contribution in [1.29, 1.82) is 0 Å². The SMILES string of the molecule is NCCN=C(N)N[C@@H]1C(O)[C@@H](CO)OC(OC2C(F)[C@H](O[C@H]3OC(CN)[C@@H](O)C(O)C3O)C(N)C[C@H]2NC(=O)[C@@H](O)CCN)[C@@H]1O. The zero-order valence-electron chi connectivity index (χ0n) is 25.1. The van der Waals surface area contributed by atoms with E-state index in [1.54, 1.807) is 0 Å². The lowest BCUT2D eigenvalue weighted by Gasteiger charge is -2.48. The van der Waals surface area contributed by atoms with Crippen LogP contribution in [0.25, 0.3) is 0 Å². The van der Waals surface area contributed by atoms with Crippen molar-refractivity contribution in [2.75, 3.05) is 32.8 Å². The van der Waals surface area contributed by atoms with E-state index in [0.29, 0.717) is 0 Å². The minimum atomic E-state index is -2.27. The lowest BCUT2D eigenvalue weighted by atomic mass is 9.84. The first-order chi connectivity index (χ1) is 21.8. The Bertz CT molecular complexity index is 993. The number of nitrogens with two attached hydrogens (primary N) is 5. The number of ether oxygens (including phenoxy) is 4. The van der Waals surface area contributed by atoms with Crippen molar-refractivity contribution in [2.24, 2.45) is 33.7 Å². The molecule has 0 aromatic rings. The minimum absolute atomic E-state index is 0.0342. The largest absolute Gasteiger partial charge is 0.394 e. The van der Waals surface area contributed by atoms with Crippen molar-refractivity contribution in [1.82, 2.24) is 10.6 Å². The van der Waals surface area contributed by atoms with E-state index < -0.39 is 110 Å². The van der Waals surface area contributed by atoms with Gasteiger partial charge in [-0.2, -0.15) is 0 Å². The summed E-state index contributed by atoms with van der Waals surface area (Å²) in [7, 11) is 0. The van der Waals surface area contributed by atoms with Gasteiger partial charge in [-0.25, -0.2) is 4.39 Å². The highest BCUT2D eigenvalue weighted by molar-refractivity contribution is 5.80. The summed E-state index contributed by atoms with van der Waals surface area (Å²) >= 11 is 0. The second kappa shape index (κ2) is 17.5. The third-order valence-electron chi connectivity index (χ3n) is 8.14. The maximum Gasteiger partial charge on any atom is 0.249 e. The second-order valence-electron chi connectivity index (χ2n) is 11.4. The van der Waals surface area contributed by atoms with Crippen molar-refractivity contribution in [2.45, 2.75) is 111 Å². The maximum absolute atomic E-state index is 16.5. The Balaban J connectivity index is 1.90. The second-order valence-corrected chi connectivity index (χ2v) is 11.4. The number of aliphatic hydroxyl groups is 7. The molecule has 2 saturated heterocycles. The van der Waals surface area contributed by atoms with Gasteiger partial charge in [-0.15, -0.1) is 0 Å². The predicted molar refractivity (Wildman–Crippen MR) is 155 cm³/mol. The first-order valence-corrected chi connectivity index (χ1v) is 15.0. The molecule has 19 N–H and O–H groups in total. The summed E-state index contributed by atoms with van der Waals surface area (Å²) in [5.74, 6) is -1.13. The molecule has 21 heteroatoms. The van der Waals surface area contributed by atoms with E-state index >= 15 is 4.39 Å². The number of nitrogens with one attached hydrogen (secondary N) is 2. The number of guanidine groups is 1. The average molecular weight is 673 g/mol. The molecule has 8 unspecified atom stereocenters. The fraction of sp³-hybridized carbons (Fsp3) is 0.920. The smallest absolute Gasteiger partial charge is 0.249 e. The van der Waals surface area contributed by atoms with Crippen LogP contribution in [0.2, 0.25) is 0 Å². The van der Waals surface area contributed by atoms with E-state index in [1.807, 2.05) is 0 Å². The molecule has 3 rings (SSSR count). The fourth-order valence-corrected chi connectivity index (χ4v) is 5.57. The van der Waals surface area contributed by atoms with Crippen molar-refractivity contribution >= 4 is 11.9 Å². The molecule has 1 aliphatic carbocycles. The van der Waals surface area contributed by atoms with Crippen LogP contribution in [0.4, 0.5) is 4.39 Å². The number of halogens is 1. The number of aliphatic imine (C=N–C) groups is 1. The van der Waals surface area contributed by atoms with Crippen LogP contribution in [0.1, 0.15) is 12.8 Å². The van der Waals surface area contributed by atoms with Gasteiger partial charge in [0.05, 0.1) is 25.2 Å². The summed E-state index contributed by atoms with van der Waals surface area (Å²) in [5, 5.41) is 77.8. The molecule has 3 aliphatic rings. The Labute approximate surface area is 264 Å². The van der Waals surface area contributed by atoms with E-state index in [0.717, 1.165) is 0 Å². The molecule has 1 saturated carbocycles. The van der Waals surface area contributed by atoms with Gasteiger partial charge in [0.15, 0.2) is 24.7 Å². The Morgan fingerprint density at radius 3 is 2.15 bits per heavy atom. The van der Waals surface area contributed by atoms with Crippen molar-refractivity contribution in [3.63, 3.8) is 0 Å². The standard InChI is InChI=1S/C25H49FN8O12/c26-13-20(45-24-19(41)18(40)16(38)11(6-29)43-24)8(30)5-9(33-22(42)10(36)1-2-27)21(13)46-23-17(39)14(15(37)12(7-35)44-23)34-25(31)32-4-3-28/h8-21,23-24,35-41H,1-7,27-30H2,(H,33,42)(H3,31,32,34)/t8?,9-,10+,11?,12-,13?,14-,15?,16-,17-,18?,19?,20-,21?,23?,24-/m1/s1. The molecule has 0 aromatic carbocycles. The molecule has 0 spiro atoms. The summed E-state index contributed by atoms with van der Waals surface area (Å²) in [6.45, 7) is -0.807. The zero-order chi connectivity index (χ0) is 34.3. The highest BCUT2D eigenvalue weighted by atomic mass is 19.1. The first-order valence-electron chi connectivity index (χ1n) is 15.0. The first kappa shape index (κ1) is 38.5. The van der Waals surface area contributed by atoms with Gasteiger partial charge in [-0.05, 0) is 19.4 Å². The lowest BCUT2D eigenvalue weighted by Crippen LogP contribution is -2.69. The van der Waals surface area contributed by atoms with Crippen molar-refractivity contribution < 1.29 is 63.9 Å². The van der Waals surface area contributed by atoms with Crippen LogP contribution < -0.4 is 39.3 Å². The number of hydrogen-bond donors (Lipinski definition) is 14. The van der Waals surface area contributed by atoms with Crippen LogP contribution in [0, 0.1) is 0 Å². The van der Waals surface area contributed by atoms with Crippen LogP contribution >= 0.6 is 0 Å². The highest BCUT2D eigenvalue weighted by Gasteiger charge is 2.53. The Kier molecular flexibility index (Phi) is 14.6. The van der Waals surface area contributed by atoms with Crippen LogP contribution in [-0.4, -0.2) is 178 Å². The molecule has 20 nitrogen and oxygen atoms in total. The van der Waals surface area contributed by atoms with Crippen LogP contribution in [0.3, 0.4) is 0 Å². The summed E-state index contributed by atoms with van der Waals surface area (Å²) in [5.41, 5.74) is 28.5. The van der Waals surface area contributed by atoms with Gasteiger partial charge in [0.25, 0.3) is 0 Å². The number of aliphatic hydroxyl groups excluding tert-OH is 7. The average Bonchev–Trinajstić information content (AvgIpc) is 3.02. The monoisotopic (exact) mass is 672 g/mol. The number of carbonyl (C=O) groups is 1. The van der Waals surface area contributed by atoms with Gasteiger partial charge < -0.3 is 94.0 Å². The summed E-state index contributed by atoms with van der Waals surface area (Å²) in [6, 6.07) is -3.83. The van der Waals surface area contributed by atoms with Crippen molar-refractivity contribution in [3.8, 4) is 0 Å². The molecule has 1 amide bonds. The van der Waals surface area contributed by atoms with Crippen molar-refractivity contribution in [3.05, 3.63) is 0 Å². The van der Waals surface area contributed by atoms with E-state index in [-0.39, 0.29) is 45.0 Å². The lowest BCUT2D eigenvalue weighted by molar-refractivity contribution is -0.328. The zero-order valence-corrected chi connectivity index (χ0v) is 25.1. The number of alkyl halides is 1. The minimum Gasteiger partial charge on any atom is -0.394 e. The van der Waals surface area contributed by atoms with Gasteiger partial charge in [-0.1, -0.05) is 0 Å². The summed E-state index contributed by atoms with van der Waals surface area (Å²) in [4.78, 5) is 16.7. The van der Waals surface area contributed by atoms with Gasteiger partial charge in [0.2, 0.25) is 5.91 Å². The number of carbonyl (C=O) groups excluding carboxylic acids is 1. The molecule has 0 radical (unpaired) electrons. The normalized spacial score (nSPS) is 42.8. The van der Waals surface area contributed by atoms with Gasteiger partial charge in [-0.3, -0.25) is 9.79 Å². The molecular formula is C25H49FN8O12. The molecule has 0 aromatic heterocycles. The number of rotatable bonds is 13. The Hall–Kier alpha value is -1.93. The number of nitrogens with zero attached hydrogens (tertiary/aromatic N) is 1. The molecule has 3 fully saturated rings. The molecular weight excluding hydrogens is 623 g/mol. The maximum atomic E-state index is 16.5. The number of hydrogen-bond acceptors (Lipinski definition) is 17. The van der Waals surface area contributed by atoms with Crippen LogP contribution in [-0.2, 0) is 23.7 Å². The van der Waals surface area contributed by atoms with E-state index in [9.17, 15) is 40.5 Å².